The lowest BCUT2D eigenvalue weighted by Gasteiger charge is -2.26. The van der Waals surface area contributed by atoms with Crippen LogP contribution in [0.2, 0.25) is 0 Å². The number of nitrogens with zero attached hydrogens (tertiary/aromatic N) is 2. The Hall–Kier alpha value is -3.82. The molecular weight excluding hydrogens is 439 g/mol. The van der Waals surface area contributed by atoms with Gasteiger partial charge in [-0.15, -0.1) is 0 Å². The van der Waals surface area contributed by atoms with Crippen LogP contribution in [-0.4, -0.2) is 39.1 Å². The largest absolute Gasteiger partial charge is 0.479 e. The molecule has 172 valence electrons. The summed E-state index contributed by atoms with van der Waals surface area (Å²) in [5, 5.41) is 15.4. The van der Waals surface area contributed by atoms with E-state index in [1.165, 1.54) is 6.92 Å². The van der Waals surface area contributed by atoms with Crippen molar-refractivity contribution < 1.29 is 32.6 Å². The summed E-state index contributed by atoms with van der Waals surface area (Å²) in [7, 11) is 0. The average molecular weight is 459 g/mol. The van der Waals surface area contributed by atoms with E-state index in [4.69, 9.17) is 4.74 Å². The van der Waals surface area contributed by atoms with E-state index in [1.54, 1.807) is 0 Å². The van der Waals surface area contributed by atoms with Crippen LogP contribution >= 0.6 is 0 Å². The molecule has 1 aliphatic carbocycles. The van der Waals surface area contributed by atoms with Gasteiger partial charge in [0.25, 0.3) is 0 Å². The molecule has 10 heteroatoms. The first-order valence-electron chi connectivity index (χ1n) is 10.0. The molecule has 4 rings (SSSR count). The highest BCUT2D eigenvalue weighted by Gasteiger charge is 2.39. The summed E-state index contributed by atoms with van der Waals surface area (Å²) in [4.78, 5) is 24.3. The topological polar surface area (TPSA) is 93.5 Å². The zero-order valence-electron chi connectivity index (χ0n) is 17.5. The first kappa shape index (κ1) is 22.4. The highest BCUT2D eigenvalue weighted by Crippen LogP contribution is 2.44. The number of carboxylic acid groups (broad SMARTS) is 1. The molecule has 1 aliphatic rings. The van der Waals surface area contributed by atoms with Crippen molar-refractivity contribution in [3.8, 4) is 11.1 Å². The third-order valence-corrected chi connectivity index (χ3v) is 5.63. The van der Waals surface area contributed by atoms with Gasteiger partial charge in [0.15, 0.2) is 5.54 Å². The molecule has 2 aromatic carbocycles. The fraction of sp³-hybridized carbons (Fsp3) is 0.261. The molecule has 0 bridgehead atoms. The van der Waals surface area contributed by atoms with Crippen LogP contribution in [0.15, 0.2) is 60.9 Å². The Kier molecular flexibility index (Phi) is 5.61. The number of alkyl carbamates (subject to hydrolysis) is 1. The molecule has 1 amide bonds. The van der Waals surface area contributed by atoms with E-state index in [-0.39, 0.29) is 12.5 Å². The van der Waals surface area contributed by atoms with Crippen molar-refractivity contribution in [2.75, 3.05) is 6.61 Å². The Labute approximate surface area is 186 Å². The van der Waals surface area contributed by atoms with Crippen LogP contribution in [0.4, 0.5) is 18.0 Å². The van der Waals surface area contributed by atoms with Crippen molar-refractivity contribution in [2.45, 2.75) is 31.1 Å². The fourth-order valence-electron chi connectivity index (χ4n) is 3.94. The van der Waals surface area contributed by atoms with Crippen LogP contribution in [0.3, 0.4) is 0 Å². The van der Waals surface area contributed by atoms with Crippen molar-refractivity contribution in [1.82, 2.24) is 15.1 Å². The Bertz CT molecular complexity index is 1160. The summed E-state index contributed by atoms with van der Waals surface area (Å²) in [6, 6.07) is 15.5. The Morgan fingerprint density at radius 1 is 1.09 bits per heavy atom. The van der Waals surface area contributed by atoms with E-state index in [9.17, 15) is 27.9 Å². The lowest BCUT2D eigenvalue weighted by molar-refractivity contribution is -0.144. The van der Waals surface area contributed by atoms with Crippen molar-refractivity contribution in [2.24, 2.45) is 0 Å². The number of hydrogen-bond donors (Lipinski definition) is 2. The lowest BCUT2D eigenvalue weighted by atomic mass is 9.98. The number of aromatic nitrogens is 2. The number of ether oxygens (including phenoxy) is 1. The van der Waals surface area contributed by atoms with E-state index >= 15 is 0 Å². The zero-order chi connectivity index (χ0) is 23.8. The van der Waals surface area contributed by atoms with Crippen molar-refractivity contribution in [3.63, 3.8) is 0 Å². The quantitative estimate of drug-likeness (QED) is 0.574. The van der Waals surface area contributed by atoms with E-state index in [2.05, 4.69) is 10.4 Å². The maximum Gasteiger partial charge on any atom is 0.419 e. The van der Waals surface area contributed by atoms with Crippen LogP contribution < -0.4 is 5.32 Å². The number of amides is 1. The molecular formula is C23H20F3N3O4. The minimum absolute atomic E-state index is 0.0322. The van der Waals surface area contributed by atoms with Gasteiger partial charge in [-0.05, 0) is 29.2 Å². The number of alkyl halides is 3. The third-order valence-electron chi connectivity index (χ3n) is 5.63. The Morgan fingerprint density at radius 3 is 2.18 bits per heavy atom. The molecule has 0 fully saturated rings. The minimum atomic E-state index is -4.61. The van der Waals surface area contributed by atoms with E-state index < -0.39 is 35.9 Å². The van der Waals surface area contributed by atoms with Crippen LogP contribution in [0.5, 0.6) is 0 Å². The SMILES string of the molecule is CC(Cn1cc(C(F)(F)F)cn1)(NC(=O)OCC1c2ccccc2-c2ccccc21)C(=O)O. The predicted molar refractivity (Wildman–Crippen MR) is 111 cm³/mol. The smallest absolute Gasteiger partial charge is 0.419 e. The van der Waals surface area contributed by atoms with Gasteiger partial charge in [0.1, 0.15) is 6.61 Å². The number of benzene rings is 2. The maximum atomic E-state index is 12.8. The van der Waals surface area contributed by atoms with E-state index in [0.29, 0.717) is 12.4 Å². The van der Waals surface area contributed by atoms with E-state index in [0.717, 1.165) is 26.9 Å². The van der Waals surface area contributed by atoms with Crippen LogP contribution in [-0.2, 0) is 22.3 Å². The number of carboxylic acids is 1. The molecule has 2 N–H and O–H groups in total. The summed E-state index contributed by atoms with van der Waals surface area (Å²) < 4.78 is 44.6. The average Bonchev–Trinajstić information content (AvgIpc) is 3.35. The summed E-state index contributed by atoms with van der Waals surface area (Å²) in [6.07, 6.45) is -4.33. The number of rotatable bonds is 6. The third kappa shape index (κ3) is 4.41. The highest BCUT2D eigenvalue weighted by molar-refractivity contribution is 5.84. The Balaban J connectivity index is 1.46. The number of carbonyl (C=O) groups is 2. The first-order chi connectivity index (χ1) is 15.6. The standard InChI is InChI=1S/C23H20F3N3O4/c1-22(20(30)31,13-29-11-14(10-27-29)23(24,25)26)28-21(32)33-12-19-17-8-4-2-6-15(17)16-7-3-5-9-18(16)19/h2-11,19H,12-13H2,1H3,(H,28,32)(H,30,31). The monoisotopic (exact) mass is 459 g/mol. The molecule has 0 saturated carbocycles. The molecule has 0 aliphatic heterocycles. The van der Waals surface area contributed by atoms with Gasteiger partial charge in [-0.3, -0.25) is 4.68 Å². The van der Waals surface area contributed by atoms with Crippen molar-refractivity contribution in [3.05, 3.63) is 77.6 Å². The highest BCUT2D eigenvalue weighted by atomic mass is 19.4. The molecule has 7 nitrogen and oxygen atoms in total. The Morgan fingerprint density at radius 2 is 1.67 bits per heavy atom. The van der Waals surface area contributed by atoms with Gasteiger partial charge in [-0.25, -0.2) is 9.59 Å². The molecule has 33 heavy (non-hydrogen) atoms. The molecule has 1 unspecified atom stereocenters. The van der Waals surface area contributed by atoms with Gasteiger partial charge in [0.05, 0.1) is 18.3 Å². The first-order valence-corrected chi connectivity index (χ1v) is 10.0. The lowest BCUT2D eigenvalue weighted by Crippen LogP contribution is -2.55. The number of hydrogen-bond acceptors (Lipinski definition) is 4. The summed E-state index contributed by atoms with van der Waals surface area (Å²) in [5.41, 5.74) is 1.09. The summed E-state index contributed by atoms with van der Waals surface area (Å²) in [5.74, 6) is -1.67. The van der Waals surface area contributed by atoms with Gasteiger partial charge in [-0.1, -0.05) is 48.5 Å². The minimum Gasteiger partial charge on any atom is -0.479 e. The van der Waals surface area contributed by atoms with Gasteiger partial charge < -0.3 is 15.2 Å². The van der Waals surface area contributed by atoms with Gasteiger partial charge in [-0.2, -0.15) is 18.3 Å². The molecule has 0 radical (unpaired) electrons. The fourth-order valence-corrected chi connectivity index (χ4v) is 3.94. The van der Waals surface area contributed by atoms with E-state index in [1.807, 2.05) is 48.5 Å². The van der Waals surface area contributed by atoms with Crippen LogP contribution in [0.25, 0.3) is 11.1 Å². The number of aliphatic carboxylic acids is 1. The van der Waals surface area contributed by atoms with Gasteiger partial charge >= 0.3 is 18.2 Å². The van der Waals surface area contributed by atoms with Gasteiger partial charge in [0, 0.05) is 12.1 Å². The zero-order valence-corrected chi connectivity index (χ0v) is 17.5. The number of nitrogens with one attached hydrogen (secondary N) is 1. The summed E-state index contributed by atoms with van der Waals surface area (Å²) in [6.45, 7) is 0.615. The van der Waals surface area contributed by atoms with Gasteiger partial charge in [0.2, 0.25) is 0 Å². The second-order valence-electron chi connectivity index (χ2n) is 8.01. The molecule has 1 aromatic heterocycles. The van der Waals surface area contributed by atoms with Crippen molar-refractivity contribution in [1.29, 1.82) is 0 Å². The molecule has 0 saturated heterocycles. The number of carbonyl (C=O) groups excluding carboxylic acids is 1. The van der Waals surface area contributed by atoms with Crippen LogP contribution in [0.1, 0.15) is 29.5 Å². The molecule has 0 spiro atoms. The molecule has 3 aromatic rings. The second-order valence-corrected chi connectivity index (χ2v) is 8.01. The molecule has 1 heterocycles. The number of fused-ring (bicyclic) bond motifs is 3. The maximum absolute atomic E-state index is 12.8. The van der Waals surface area contributed by atoms with Crippen molar-refractivity contribution >= 4 is 12.1 Å². The summed E-state index contributed by atoms with van der Waals surface area (Å²) >= 11 is 0. The normalized spacial score (nSPS) is 14.8. The predicted octanol–water partition coefficient (Wildman–Crippen LogP) is 4.28. The second kappa shape index (κ2) is 8.27. The molecule has 1 atom stereocenters. The number of halogens is 3. The van der Waals surface area contributed by atoms with Crippen LogP contribution in [0, 0.1) is 0 Å².